The van der Waals surface area contributed by atoms with Crippen molar-refractivity contribution in [2.45, 2.75) is 31.7 Å². The van der Waals surface area contributed by atoms with Gasteiger partial charge in [-0.3, -0.25) is 19.5 Å². The van der Waals surface area contributed by atoms with Gasteiger partial charge in [0.2, 0.25) is 5.91 Å². The molecule has 2 aromatic heterocycles. The minimum atomic E-state index is -0.806. The molecule has 0 spiro atoms. The molecule has 1 unspecified atom stereocenters. The van der Waals surface area contributed by atoms with Crippen molar-refractivity contribution in [3.05, 3.63) is 74.9 Å². The maximum Gasteiger partial charge on any atom is 0.273 e. The summed E-state index contributed by atoms with van der Waals surface area (Å²) in [5.74, 6) is 0.203. The van der Waals surface area contributed by atoms with Crippen molar-refractivity contribution in [2.75, 3.05) is 5.32 Å². The zero-order valence-corrected chi connectivity index (χ0v) is 14.8. The third kappa shape index (κ3) is 3.46. The van der Waals surface area contributed by atoms with E-state index in [2.05, 4.69) is 15.5 Å². The average Bonchev–Trinajstić information content (AvgIpc) is 3.45. The van der Waals surface area contributed by atoms with Crippen LogP contribution in [0.3, 0.4) is 0 Å². The Morgan fingerprint density at radius 3 is 2.59 bits per heavy atom. The molecular formula is C19H19N5O3. The van der Waals surface area contributed by atoms with Crippen molar-refractivity contribution in [3.63, 3.8) is 0 Å². The molecule has 4 rings (SSSR count). The fourth-order valence-electron chi connectivity index (χ4n) is 2.89. The molecule has 0 aliphatic heterocycles. The van der Waals surface area contributed by atoms with Gasteiger partial charge in [0, 0.05) is 18.1 Å². The van der Waals surface area contributed by atoms with Crippen molar-refractivity contribution in [1.82, 2.24) is 19.6 Å². The van der Waals surface area contributed by atoms with Crippen molar-refractivity contribution in [3.8, 4) is 5.69 Å². The normalized spacial score (nSPS) is 14.7. The van der Waals surface area contributed by atoms with Gasteiger partial charge >= 0.3 is 0 Å². The summed E-state index contributed by atoms with van der Waals surface area (Å²) in [5, 5.41) is 9.83. The highest BCUT2D eigenvalue weighted by atomic mass is 16.2. The summed E-state index contributed by atoms with van der Waals surface area (Å²) in [4.78, 5) is 36.8. The molecule has 138 valence electrons. The van der Waals surface area contributed by atoms with Gasteiger partial charge in [-0.2, -0.15) is 5.10 Å². The molecule has 1 aliphatic rings. The predicted molar refractivity (Wildman–Crippen MR) is 100 cm³/mol. The van der Waals surface area contributed by atoms with E-state index in [0.29, 0.717) is 11.6 Å². The van der Waals surface area contributed by atoms with E-state index in [-0.39, 0.29) is 16.9 Å². The van der Waals surface area contributed by atoms with E-state index >= 15 is 0 Å². The van der Waals surface area contributed by atoms with Gasteiger partial charge in [0.1, 0.15) is 11.9 Å². The molecule has 8 nitrogen and oxygen atoms in total. The van der Waals surface area contributed by atoms with Crippen LogP contribution in [0.2, 0.25) is 0 Å². The molecule has 1 amide bonds. The Bertz CT molecular complexity index is 1090. The summed E-state index contributed by atoms with van der Waals surface area (Å²) >= 11 is 0. The predicted octanol–water partition coefficient (Wildman–Crippen LogP) is 1.80. The molecule has 1 aliphatic carbocycles. The standard InChI is InChI=1S/C19H19N5O3/c1-12(23-17(25)10-9-15(21-23)13-7-8-13)19(27)20-16-11-18(26)24(22-16)14-5-3-2-4-6-14/h2-6,9-13,22H,7-8H2,1H3,(H,20,27). The Kier molecular flexibility index (Phi) is 4.23. The van der Waals surface area contributed by atoms with Crippen LogP contribution in [0.1, 0.15) is 37.4 Å². The maximum absolute atomic E-state index is 12.6. The Hall–Kier alpha value is -3.42. The highest BCUT2D eigenvalue weighted by Gasteiger charge is 2.27. The number of hydrogen-bond donors (Lipinski definition) is 2. The van der Waals surface area contributed by atoms with Crippen LogP contribution in [0.4, 0.5) is 5.82 Å². The van der Waals surface area contributed by atoms with Gasteiger partial charge in [-0.25, -0.2) is 9.36 Å². The monoisotopic (exact) mass is 365 g/mol. The van der Waals surface area contributed by atoms with Crippen molar-refractivity contribution in [1.29, 1.82) is 0 Å². The third-order valence-corrected chi connectivity index (χ3v) is 4.58. The van der Waals surface area contributed by atoms with E-state index in [0.717, 1.165) is 18.5 Å². The Morgan fingerprint density at radius 2 is 1.89 bits per heavy atom. The number of nitrogens with one attached hydrogen (secondary N) is 2. The summed E-state index contributed by atoms with van der Waals surface area (Å²) in [7, 11) is 0. The first-order chi connectivity index (χ1) is 13.0. The van der Waals surface area contributed by atoms with Gasteiger partial charge in [0.25, 0.3) is 11.1 Å². The van der Waals surface area contributed by atoms with E-state index in [4.69, 9.17) is 0 Å². The second-order valence-electron chi connectivity index (χ2n) is 6.66. The molecule has 3 aromatic rings. The number of amides is 1. The van der Waals surface area contributed by atoms with E-state index < -0.39 is 11.9 Å². The molecule has 0 bridgehead atoms. The second kappa shape index (κ2) is 6.71. The molecule has 1 atom stereocenters. The fraction of sp³-hybridized carbons (Fsp3) is 0.263. The topological polar surface area (TPSA) is 102 Å². The molecule has 1 aromatic carbocycles. The minimum Gasteiger partial charge on any atom is -0.309 e. The zero-order chi connectivity index (χ0) is 19.0. The summed E-state index contributed by atoms with van der Waals surface area (Å²) in [6.07, 6.45) is 2.11. The average molecular weight is 365 g/mol. The van der Waals surface area contributed by atoms with E-state index in [9.17, 15) is 14.4 Å². The number of rotatable bonds is 5. The Balaban J connectivity index is 1.55. The lowest BCUT2D eigenvalue weighted by molar-refractivity contribution is -0.119. The lowest BCUT2D eigenvalue weighted by atomic mass is 10.2. The summed E-state index contributed by atoms with van der Waals surface area (Å²) in [6, 6.07) is 12.7. The van der Waals surface area contributed by atoms with Crippen LogP contribution in [-0.4, -0.2) is 25.5 Å². The first-order valence-electron chi connectivity index (χ1n) is 8.81. The number of nitrogens with zero attached hydrogens (tertiary/aromatic N) is 3. The largest absolute Gasteiger partial charge is 0.309 e. The number of hydrogen-bond acceptors (Lipinski definition) is 4. The number of aromatic nitrogens is 4. The SMILES string of the molecule is CC(C(=O)Nc1cc(=O)n(-c2ccccc2)[nH]1)n1nc(C2CC2)ccc1=O. The molecule has 0 radical (unpaired) electrons. The third-order valence-electron chi connectivity index (χ3n) is 4.58. The van der Waals surface area contributed by atoms with Crippen molar-refractivity contribution in [2.24, 2.45) is 0 Å². The molecule has 27 heavy (non-hydrogen) atoms. The van der Waals surface area contributed by atoms with Crippen LogP contribution in [0.15, 0.2) is 58.1 Å². The number of carbonyl (C=O) groups is 1. The van der Waals surface area contributed by atoms with Crippen molar-refractivity contribution < 1.29 is 4.79 Å². The quantitative estimate of drug-likeness (QED) is 0.720. The molecule has 2 N–H and O–H groups in total. The van der Waals surface area contributed by atoms with Crippen LogP contribution < -0.4 is 16.4 Å². The van der Waals surface area contributed by atoms with Gasteiger partial charge in [0.05, 0.1) is 11.4 Å². The first-order valence-corrected chi connectivity index (χ1v) is 8.81. The van der Waals surface area contributed by atoms with Gasteiger partial charge in [-0.1, -0.05) is 18.2 Å². The number of para-hydroxylation sites is 1. The molecule has 1 saturated carbocycles. The highest BCUT2D eigenvalue weighted by Crippen LogP contribution is 2.38. The summed E-state index contributed by atoms with van der Waals surface area (Å²) in [6.45, 7) is 1.60. The molecule has 2 heterocycles. The van der Waals surface area contributed by atoms with Crippen LogP contribution in [0.5, 0.6) is 0 Å². The van der Waals surface area contributed by atoms with Crippen LogP contribution in [-0.2, 0) is 4.79 Å². The van der Waals surface area contributed by atoms with Crippen LogP contribution in [0, 0.1) is 0 Å². The van der Waals surface area contributed by atoms with Gasteiger partial charge in [0.15, 0.2) is 0 Å². The number of aromatic amines is 1. The van der Waals surface area contributed by atoms with Crippen molar-refractivity contribution >= 4 is 11.7 Å². The van der Waals surface area contributed by atoms with E-state index in [1.165, 1.54) is 21.5 Å². The molecule has 8 heteroatoms. The highest BCUT2D eigenvalue weighted by molar-refractivity contribution is 5.92. The number of benzene rings is 1. The number of carbonyl (C=O) groups excluding carboxylic acids is 1. The van der Waals surface area contributed by atoms with E-state index in [1.54, 1.807) is 25.1 Å². The zero-order valence-electron chi connectivity index (χ0n) is 14.8. The minimum absolute atomic E-state index is 0.257. The van der Waals surface area contributed by atoms with Gasteiger partial charge in [-0.15, -0.1) is 0 Å². The number of anilines is 1. The fourth-order valence-corrected chi connectivity index (χ4v) is 2.89. The number of H-pyrrole nitrogens is 1. The Labute approximate surface area is 154 Å². The van der Waals surface area contributed by atoms with Crippen LogP contribution >= 0.6 is 0 Å². The Morgan fingerprint density at radius 1 is 1.15 bits per heavy atom. The summed E-state index contributed by atoms with van der Waals surface area (Å²) < 4.78 is 2.52. The lowest BCUT2D eigenvalue weighted by Crippen LogP contribution is -2.33. The van der Waals surface area contributed by atoms with Gasteiger partial charge < -0.3 is 5.32 Å². The smallest absolute Gasteiger partial charge is 0.273 e. The molecular weight excluding hydrogens is 346 g/mol. The second-order valence-corrected chi connectivity index (χ2v) is 6.66. The first kappa shape index (κ1) is 17.0. The molecule has 1 fully saturated rings. The summed E-state index contributed by atoms with van der Waals surface area (Å²) in [5.41, 5.74) is 0.858. The lowest BCUT2D eigenvalue weighted by Gasteiger charge is -2.14. The molecule has 0 saturated heterocycles. The maximum atomic E-state index is 12.6. The van der Waals surface area contributed by atoms with E-state index in [1.807, 2.05) is 18.2 Å². The van der Waals surface area contributed by atoms with Gasteiger partial charge in [-0.05, 0) is 38.0 Å². The van der Waals surface area contributed by atoms with Crippen LogP contribution in [0.25, 0.3) is 5.69 Å².